The average Bonchev–Trinajstić information content (AvgIpc) is 2.70. The summed E-state index contributed by atoms with van der Waals surface area (Å²) in [7, 11) is 0. The summed E-state index contributed by atoms with van der Waals surface area (Å²) < 4.78 is 11.3. The predicted octanol–water partition coefficient (Wildman–Crippen LogP) is 4.01. The first-order valence-electron chi connectivity index (χ1n) is 8.72. The third kappa shape index (κ3) is 3.33. The Balaban J connectivity index is 1.93. The first kappa shape index (κ1) is 19.1. The molecular weight excluding hydrogens is 405 g/mol. The maximum absolute atomic E-state index is 12.8. The molecule has 146 valence electrons. The van der Waals surface area contributed by atoms with Crippen molar-refractivity contribution in [2.75, 3.05) is 26.3 Å². The standard InChI is InChI=1S/C20H17Cl2NO5/c21-14-3-1-2-11(16(14)22)20-18(26)17(25)12-4-5-15(24)13(19(12)28-20)10-23-6-8-27-9-7-23/h1-5,24,26H,6-10H2. The molecule has 2 N–H and O–H groups in total. The van der Waals surface area contributed by atoms with Gasteiger partial charge in [0.1, 0.15) is 11.3 Å². The monoisotopic (exact) mass is 421 g/mol. The highest BCUT2D eigenvalue weighted by Crippen LogP contribution is 2.39. The van der Waals surface area contributed by atoms with Crippen LogP contribution in [0.5, 0.6) is 11.5 Å². The second-order valence-electron chi connectivity index (χ2n) is 6.54. The molecule has 2 heterocycles. The van der Waals surface area contributed by atoms with Crippen molar-refractivity contribution in [1.29, 1.82) is 0 Å². The second-order valence-corrected chi connectivity index (χ2v) is 7.32. The lowest BCUT2D eigenvalue weighted by atomic mass is 10.1. The van der Waals surface area contributed by atoms with Gasteiger partial charge in [0.2, 0.25) is 11.2 Å². The fourth-order valence-corrected chi connectivity index (χ4v) is 3.68. The van der Waals surface area contributed by atoms with E-state index in [0.29, 0.717) is 44.0 Å². The molecule has 8 heteroatoms. The summed E-state index contributed by atoms with van der Waals surface area (Å²) in [6, 6.07) is 7.70. The van der Waals surface area contributed by atoms with Crippen LogP contribution < -0.4 is 5.43 Å². The summed E-state index contributed by atoms with van der Waals surface area (Å²) in [6.45, 7) is 2.97. The van der Waals surface area contributed by atoms with Crippen molar-refractivity contribution in [3.63, 3.8) is 0 Å². The number of phenolic OH excluding ortho intramolecular Hbond substituents is 1. The number of halogens is 2. The van der Waals surface area contributed by atoms with E-state index in [9.17, 15) is 15.0 Å². The van der Waals surface area contributed by atoms with E-state index >= 15 is 0 Å². The molecule has 1 fully saturated rings. The number of fused-ring (bicyclic) bond motifs is 1. The molecule has 4 rings (SSSR count). The summed E-state index contributed by atoms with van der Waals surface area (Å²) in [6.07, 6.45) is 0. The normalized spacial score (nSPS) is 15.2. The Morgan fingerprint density at radius 1 is 1.07 bits per heavy atom. The average molecular weight is 422 g/mol. The van der Waals surface area contributed by atoms with Gasteiger partial charge >= 0.3 is 0 Å². The largest absolute Gasteiger partial charge is 0.507 e. The highest BCUT2D eigenvalue weighted by molar-refractivity contribution is 6.43. The minimum atomic E-state index is -0.601. The topological polar surface area (TPSA) is 83.1 Å². The van der Waals surface area contributed by atoms with Crippen LogP contribution in [-0.4, -0.2) is 41.4 Å². The van der Waals surface area contributed by atoms with Gasteiger partial charge in [-0.25, -0.2) is 0 Å². The molecule has 2 aromatic carbocycles. The minimum absolute atomic E-state index is 0.0102. The van der Waals surface area contributed by atoms with Crippen LogP contribution in [0.15, 0.2) is 39.5 Å². The second kappa shape index (κ2) is 7.64. The van der Waals surface area contributed by atoms with E-state index in [4.69, 9.17) is 32.4 Å². The van der Waals surface area contributed by atoms with Gasteiger partial charge in [0.05, 0.1) is 34.2 Å². The lowest BCUT2D eigenvalue weighted by Crippen LogP contribution is -2.35. The Morgan fingerprint density at radius 3 is 2.57 bits per heavy atom. The van der Waals surface area contributed by atoms with Crippen LogP contribution in [0.2, 0.25) is 10.0 Å². The molecule has 0 spiro atoms. The first-order valence-corrected chi connectivity index (χ1v) is 9.48. The number of ether oxygens (including phenoxy) is 1. The van der Waals surface area contributed by atoms with E-state index in [2.05, 4.69) is 4.90 Å². The molecule has 3 aromatic rings. The summed E-state index contributed by atoms with van der Waals surface area (Å²) in [5.41, 5.74) is 0.373. The van der Waals surface area contributed by atoms with E-state index in [-0.39, 0.29) is 32.5 Å². The maximum atomic E-state index is 12.8. The molecule has 0 aliphatic carbocycles. The van der Waals surface area contributed by atoms with E-state index in [0.717, 1.165) is 0 Å². The van der Waals surface area contributed by atoms with Gasteiger partial charge in [0.25, 0.3) is 0 Å². The van der Waals surface area contributed by atoms with Gasteiger partial charge in [-0.1, -0.05) is 29.3 Å². The number of phenols is 1. The zero-order valence-corrected chi connectivity index (χ0v) is 16.3. The highest BCUT2D eigenvalue weighted by atomic mass is 35.5. The van der Waals surface area contributed by atoms with Crippen molar-refractivity contribution in [1.82, 2.24) is 4.90 Å². The van der Waals surface area contributed by atoms with Crippen LogP contribution in [0.1, 0.15) is 5.56 Å². The number of nitrogens with zero attached hydrogens (tertiary/aromatic N) is 1. The van der Waals surface area contributed by atoms with Crippen LogP contribution in [0.3, 0.4) is 0 Å². The van der Waals surface area contributed by atoms with Crippen LogP contribution in [0.25, 0.3) is 22.3 Å². The van der Waals surface area contributed by atoms with Gasteiger partial charge in [0, 0.05) is 25.2 Å². The van der Waals surface area contributed by atoms with Gasteiger partial charge in [-0.05, 0) is 24.3 Å². The zero-order valence-electron chi connectivity index (χ0n) is 14.7. The number of rotatable bonds is 3. The predicted molar refractivity (Wildman–Crippen MR) is 107 cm³/mol. The van der Waals surface area contributed by atoms with Gasteiger partial charge in [-0.2, -0.15) is 0 Å². The lowest BCUT2D eigenvalue weighted by Gasteiger charge is -2.27. The molecule has 0 bridgehead atoms. The molecule has 0 atom stereocenters. The van der Waals surface area contributed by atoms with E-state index in [1.807, 2.05) is 0 Å². The SMILES string of the molecule is O=c1c(O)c(-c2cccc(Cl)c2Cl)oc2c(CN3CCOCC3)c(O)ccc12. The molecule has 0 radical (unpaired) electrons. The maximum Gasteiger partial charge on any atom is 0.235 e. The van der Waals surface area contributed by atoms with Gasteiger partial charge in [0.15, 0.2) is 5.76 Å². The van der Waals surface area contributed by atoms with E-state index in [1.165, 1.54) is 12.1 Å². The van der Waals surface area contributed by atoms with Gasteiger partial charge in [-0.15, -0.1) is 0 Å². The fourth-order valence-electron chi connectivity index (χ4n) is 3.29. The Labute approximate surface area is 170 Å². The lowest BCUT2D eigenvalue weighted by molar-refractivity contribution is 0.0339. The third-order valence-corrected chi connectivity index (χ3v) is 5.62. The highest BCUT2D eigenvalue weighted by Gasteiger charge is 2.23. The van der Waals surface area contributed by atoms with Crippen LogP contribution >= 0.6 is 23.2 Å². The Kier molecular flexibility index (Phi) is 5.21. The van der Waals surface area contributed by atoms with Crippen molar-refractivity contribution in [3.8, 4) is 22.8 Å². The summed E-state index contributed by atoms with van der Waals surface area (Å²) in [4.78, 5) is 14.9. The van der Waals surface area contributed by atoms with Gasteiger partial charge < -0.3 is 19.4 Å². The zero-order chi connectivity index (χ0) is 19.8. The number of morpholine rings is 1. The third-order valence-electron chi connectivity index (χ3n) is 4.80. The molecule has 28 heavy (non-hydrogen) atoms. The number of hydrogen-bond donors (Lipinski definition) is 2. The van der Waals surface area contributed by atoms with E-state index < -0.39 is 11.2 Å². The molecule has 0 saturated carbocycles. The van der Waals surface area contributed by atoms with Crippen molar-refractivity contribution >= 4 is 34.2 Å². The smallest absolute Gasteiger partial charge is 0.235 e. The summed E-state index contributed by atoms with van der Waals surface area (Å²) in [5.74, 6) is -0.630. The van der Waals surface area contributed by atoms with Crippen LogP contribution in [0, 0.1) is 0 Å². The first-order chi connectivity index (χ1) is 13.5. The van der Waals surface area contributed by atoms with Crippen molar-refractivity contribution in [2.45, 2.75) is 6.54 Å². The number of benzene rings is 2. The van der Waals surface area contributed by atoms with Crippen LogP contribution in [-0.2, 0) is 11.3 Å². The molecule has 0 unspecified atom stereocenters. The van der Waals surface area contributed by atoms with E-state index in [1.54, 1.807) is 18.2 Å². The minimum Gasteiger partial charge on any atom is -0.507 e. The van der Waals surface area contributed by atoms with Gasteiger partial charge in [-0.3, -0.25) is 9.69 Å². The molecule has 0 amide bonds. The fraction of sp³-hybridized carbons (Fsp3) is 0.250. The quantitative estimate of drug-likeness (QED) is 0.664. The van der Waals surface area contributed by atoms with Crippen LogP contribution in [0.4, 0.5) is 0 Å². The summed E-state index contributed by atoms with van der Waals surface area (Å²) >= 11 is 12.3. The molecule has 1 aromatic heterocycles. The van der Waals surface area contributed by atoms with Crippen molar-refractivity contribution in [2.24, 2.45) is 0 Å². The molecular formula is C20H17Cl2NO5. The van der Waals surface area contributed by atoms with Crippen molar-refractivity contribution < 1.29 is 19.4 Å². The Bertz CT molecular complexity index is 1110. The number of aromatic hydroxyl groups is 2. The Morgan fingerprint density at radius 2 is 1.82 bits per heavy atom. The molecule has 1 saturated heterocycles. The molecule has 1 aliphatic rings. The number of hydrogen-bond acceptors (Lipinski definition) is 6. The molecule has 6 nitrogen and oxygen atoms in total. The molecule has 1 aliphatic heterocycles. The Hall–Kier alpha value is -2.25. The summed E-state index contributed by atoms with van der Waals surface area (Å²) in [5, 5.41) is 21.5. The van der Waals surface area contributed by atoms with Crippen molar-refractivity contribution in [3.05, 3.63) is 56.2 Å².